The molecule has 8 heteroatoms. The summed E-state index contributed by atoms with van der Waals surface area (Å²) in [4.78, 5) is 12.0. The predicted octanol–water partition coefficient (Wildman–Crippen LogP) is 1.21. The van der Waals surface area contributed by atoms with Crippen LogP contribution in [0.25, 0.3) is 0 Å². The van der Waals surface area contributed by atoms with Crippen molar-refractivity contribution in [1.82, 2.24) is 9.62 Å². The van der Waals surface area contributed by atoms with Crippen molar-refractivity contribution in [1.29, 1.82) is 0 Å². The minimum Gasteiger partial charge on any atom is -0.354 e. The van der Waals surface area contributed by atoms with Gasteiger partial charge < -0.3 is 5.32 Å². The first-order valence-electron chi connectivity index (χ1n) is 6.87. The van der Waals surface area contributed by atoms with Crippen LogP contribution in [0.15, 0.2) is 24.3 Å². The van der Waals surface area contributed by atoms with Crippen LogP contribution in [-0.4, -0.2) is 45.8 Å². The number of carbonyl (C=O) groups is 1. The lowest BCUT2D eigenvalue weighted by Gasteiger charge is -2.27. The van der Waals surface area contributed by atoms with E-state index in [1.165, 1.54) is 32.3 Å². The van der Waals surface area contributed by atoms with E-state index in [1.54, 1.807) is 0 Å². The zero-order chi connectivity index (χ0) is 16.9. The lowest BCUT2D eigenvalue weighted by atomic mass is 10.2. The van der Waals surface area contributed by atoms with Gasteiger partial charge >= 0.3 is 10.2 Å². The van der Waals surface area contributed by atoms with Gasteiger partial charge in [-0.3, -0.25) is 4.79 Å². The molecule has 0 spiro atoms. The monoisotopic (exact) mass is 331 g/mol. The first kappa shape index (κ1) is 18.4. The summed E-state index contributed by atoms with van der Waals surface area (Å²) in [6.45, 7) is 3.79. The first-order valence-corrected chi connectivity index (χ1v) is 8.27. The van der Waals surface area contributed by atoms with Gasteiger partial charge in [-0.2, -0.15) is 12.7 Å². The van der Waals surface area contributed by atoms with Crippen LogP contribution >= 0.6 is 0 Å². The summed E-state index contributed by atoms with van der Waals surface area (Å²) in [6.07, 6.45) is 0. The molecule has 0 atom stereocenters. The van der Waals surface area contributed by atoms with E-state index >= 15 is 0 Å². The second-order valence-corrected chi connectivity index (χ2v) is 7.51. The highest BCUT2D eigenvalue weighted by Gasteiger charge is 2.29. The molecule has 0 fully saturated rings. The largest absolute Gasteiger partial charge is 0.354 e. The molecule has 124 valence electrons. The van der Waals surface area contributed by atoms with E-state index in [0.29, 0.717) is 6.54 Å². The summed E-state index contributed by atoms with van der Waals surface area (Å²) in [7, 11) is -1.33. The molecule has 0 unspecified atom stereocenters. The van der Waals surface area contributed by atoms with E-state index in [9.17, 15) is 17.6 Å². The maximum Gasteiger partial charge on any atom is 0.304 e. The van der Waals surface area contributed by atoms with E-state index in [2.05, 4.69) is 5.32 Å². The molecule has 1 amide bonds. The minimum atomic E-state index is -3.98. The van der Waals surface area contributed by atoms with E-state index in [0.717, 1.165) is 14.7 Å². The number of nitrogens with one attached hydrogen (secondary N) is 1. The Morgan fingerprint density at radius 2 is 1.86 bits per heavy atom. The Bertz CT molecular complexity index is 618. The second-order valence-electron chi connectivity index (χ2n) is 5.45. The molecule has 0 aliphatic heterocycles. The molecule has 1 N–H and O–H groups in total. The molecule has 0 saturated carbocycles. The molecule has 0 saturated heterocycles. The Hall–Kier alpha value is -1.67. The Morgan fingerprint density at radius 1 is 1.27 bits per heavy atom. The fourth-order valence-corrected chi connectivity index (χ4v) is 2.72. The summed E-state index contributed by atoms with van der Waals surface area (Å²) in [5.74, 6) is -0.955. The molecule has 1 aromatic rings. The highest BCUT2D eigenvalue weighted by atomic mass is 32.2. The van der Waals surface area contributed by atoms with Crippen LogP contribution in [0.4, 0.5) is 10.1 Å². The van der Waals surface area contributed by atoms with E-state index in [1.807, 2.05) is 13.8 Å². The van der Waals surface area contributed by atoms with Crippen molar-refractivity contribution < 1.29 is 17.6 Å². The minimum absolute atomic E-state index is 0.157. The van der Waals surface area contributed by atoms with Crippen LogP contribution < -0.4 is 9.62 Å². The zero-order valence-electron chi connectivity index (χ0n) is 13.2. The van der Waals surface area contributed by atoms with E-state index in [-0.39, 0.29) is 11.6 Å². The fourth-order valence-electron chi connectivity index (χ4n) is 1.65. The van der Waals surface area contributed by atoms with Crippen LogP contribution in [0.3, 0.4) is 0 Å². The van der Waals surface area contributed by atoms with Gasteiger partial charge in [-0.05, 0) is 18.1 Å². The zero-order valence-corrected chi connectivity index (χ0v) is 14.0. The normalized spacial score (nSPS) is 11.8. The lowest BCUT2D eigenvalue weighted by molar-refractivity contribution is -0.119. The van der Waals surface area contributed by atoms with Gasteiger partial charge in [-0.25, -0.2) is 8.70 Å². The number of nitrogens with zero attached hydrogens (tertiary/aromatic N) is 2. The van der Waals surface area contributed by atoms with Gasteiger partial charge in [-0.15, -0.1) is 0 Å². The Labute approximate surface area is 131 Å². The van der Waals surface area contributed by atoms with Crippen molar-refractivity contribution >= 4 is 21.8 Å². The molecular weight excluding hydrogens is 309 g/mol. The summed E-state index contributed by atoms with van der Waals surface area (Å²) in [6, 6.07) is 5.45. The maximum absolute atomic E-state index is 13.9. The molecule has 0 aliphatic rings. The molecule has 0 aromatic heterocycles. The molecule has 0 heterocycles. The van der Waals surface area contributed by atoms with Crippen molar-refractivity contribution in [2.24, 2.45) is 5.92 Å². The van der Waals surface area contributed by atoms with Crippen LogP contribution in [0, 0.1) is 11.7 Å². The van der Waals surface area contributed by atoms with Gasteiger partial charge in [0.2, 0.25) is 5.91 Å². The van der Waals surface area contributed by atoms with Gasteiger partial charge in [-0.1, -0.05) is 26.0 Å². The number of hydrogen-bond acceptors (Lipinski definition) is 3. The number of amides is 1. The summed E-state index contributed by atoms with van der Waals surface area (Å²) >= 11 is 0. The second kappa shape index (κ2) is 7.55. The SMILES string of the molecule is CC(C)CNC(=O)CN(c1ccccc1F)S(=O)(=O)N(C)C. The van der Waals surface area contributed by atoms with Crippen molar-refractivity contribution in [3.63, 3.8) is 0 Å². The maximum atomic E-state index is 13.9. The highest BCUT2D eigenvalue weighted by molar-refractivity contribution is 7.90. The van der Waals surface area contributed by atoms with E-state index < -0.39 is 28.5 Å². The molecule has 0 aliphatic carbocycles. The smallest absolute Gasteiger partial charge is 0.304 e. The van der Waals surface area contributed by atoms with Gasteiger partial charge in [0.05, 0.1) is 5.69 Å². The van der Waals surface area contributed by atoms with Crippen molar-refractivity contribution in [2.45, 2.75) is 13.8 Å². The number of para-hydroxylation sites is 1. The average Bonchev–Trinajstić information content (AvgIpc) is 2.43. The van der Waals surface area contributed by atoms with Gasteiger partial charge in [0, 0.05) is 20.6 Å². The standard InChI is InChI=1S/C14H22FN3O3S/c1-11(2)9-16-14(19)10-18(22(20,21)17(3)4)13-8-6-5-7-12(13)15/h5-8,11H,9-10H2,1-4H3,(H,16,19). The Kier molecular flexibility index (Phi) is 6.31. The number of rotatable bonds is 7. The first-order chi connectivity index (χ1) is 10.2. The Balaban J connectivity index is 3.09. The van der Waals surface area contributed by atoms with Crippen LogP contribution in [0.5, 0.6) is 0 Å². The van der Waals surface area contributed by atoms with Gasteiger partial charge in [0.1, 0.15) is 12.4 Å². The third-order valence-corrected chi connectivity index (χ3v) is 4.66. The topological polar surface area (TPSA) is 69.7 Å². The molecule has 6 nitrogen and oxygen atoms in total. The summed E-state index contributed by atoms with van der Waals surface area (Å²) in [5, 5.41) is 2.63. The van der Waals surface area contributed by atoms with Gasteiger partial charge in [0.25, 0.3) is 0 Å². The Morgan fingerprint density at radius 3 is 2.36 bits per heavy atom. The number of benzene rings is 1. The third kappa shape index (κ3) is 4.67. The van der Waals surface area contributed by atoms with Crippen molar-refractivity contribution in [2.75, 3.05) is 31.5 Å². The van der Waals surface area contributed by atoms with Crippen LogP contribution in [0.2, 0.25) is 0 Å². The molecule has 1 aromatic carbocycles. The fraction of sp³-hybridized carbons (Fsp3) is 0.500. The number of halogens is 1. The average molecular weight is 331 g/mol. The van der Waals surface area contributed by atoms with Crippen molar-refractivity contribution in [3.8, 4) is 0 Å². The van der Waals surface area contributed by atoms with Crippen LogP contribution in [0.1, 0.15) is 13.8 Å². The number of carbonyl (C=O) groups excluding carboxylic acids is 1. The number of hydrogen-bond donors (Lipinski definition) is 1. The predicted molar refractivity (Wildman–Crippen MR) is 84.2 cm³/mol. The molecule has 1 rings (SSSR count). The summed E-state index contributed by atoms with van der Waals surface area (Å²) in [5.41, 5.74) is -0.157. The lowest BCUT2D eigenvalue weighted by Crippen LogP contribution is -2.46. The van der Waals surface area contributed by atoms with Gasteiger partial charge in [0.15, 0.2) is 0 Å². The molecule has 0 bridgehead atoms. The molecular formula is C14H22FN3O3S. The highest BCUT2D eigenvalue weighted by Crippen LogP contribution is 2.22. The molecule has 0 radical (unpaired) electrons. The van der Waals surface area contributed by atoms with E-state index in [4.69, 9.17) is 0 Å². The summed E-state index contributed by atoms with van der Waals surface area (Å²) < 4.78 is 40.4. The third-order valence-electron chi connectivity index (χ3n) is 2.86. The molecule has 22 heavy (non-hydrogen) atoms. The quantitative estimate of drug-likeness (QED) is 0.816. The number of anilines is 1. The van der Waals surface area contributed by atoms with Crippen molar-refractivity contribution in [3.05, 3.63) is 30.1 Å². The van der Waals surface area contributed by atoms with Crippen LogP contribution in [-0.2, 0) is 15.0 Å².